The zero-order chi connectivity index (χ0) is 24.3. The Kier molecular flexibility index (Phi) is 7.42. The fourth-order valence-electron chi connectivity index (χ4n) is 3.76. The molecule has 1 aliphatic carbocycles. The number of amides is 1. The fourth-order valence-corrected chi connectivity index (χ4v) is 6.35. The highest BCUT2D eigenvalue weighted by Crippen LogP contribution is 2.30. The van der Waals surface area contributed by atoms with Gasteiger partial charge in [0.1, 0.15) is 10.6 Å². The minimum atomic E-state index is -3.68. The number of nitrogens with one attached hydrogen (secondary N) is 2. The third kappa shape index (κ3) is 5.69. The van der Waals surface area contributed by atoms with Crippen LogP contribution in [0.25, 0.3) is 10.1 Å². The maximum absolute atomic E-state index is 12.6. The van der Waals surface area contributed by atoms with Crippen molar-refractivity contribution in [3.8, 4) is 5.75 Å². The first-order chi connectivity index (χ1) is 16.2. The van der Waals surface area contributed by atoms with Crippen molar-refractivity contribution in [1.29, 1.82) is 0 Å². The molecule has 1 amide bonds. The Morgan fingerprint density at radius 1 is 1.12 bits per heavy atom. The molecule has 2 aromatic carbocycles. The molecule has 8 nitrogen and oxygen atoms in total. The van der Waals surface area contributed by atoms with Crippen LogP contribution in [0.1, 0.15) is 35.4 Å². The summed E-state index contributed by atoms with van der Waals surface area (Å²) in [4.78, 5) is 24.6. The van der Waals surface area contributed by atoms with Crippen LogP contribution in [-0.4, -0.2) is 40.1 Å². The number of benzene rings is 2. The molecule has 0 unspecified atom stereocenters. The lowest BCUT2D eigenvalue weighted by atomic mass is 10.2. The number of ether oxygens (including phenoxy) is 2. The molecule has 0 aliphatic heterocycles. The number of hydrogen-bond donors (Lipinski definition) is 2. The molecule has 1 heterocycles. The highest BCUT2D eigenvalue weighted by Gasteiger charge is 2.23. The number of esters is 1. The number of rotatable bonds is 8. The van der Waals surface area contributed by atoms with Crippen LogP contribution in [0.3, 0.4) is 0 Å². The third-order valence-electron chi connectivity index (χ3n) is 5.44. The molecule has 0 saturated heterocycles. The standard InChI is InChI=1S/C23H23ClN2O6S2/c1-31-23(28)21-11-14-10-16(6-9-20(14)33-21)25-22(27)13-32-19-8-7-17(12-18(19)24)34(29,30)26-15-4-2-3-5-15/h6-12,15,26H,2-5,13H2,1H3,(H,25,27). The lowest BCUT2D eigenvalue weighted by Gasteiger charge is -2.14. The molecule has 4 rings (SSSR count). The molecular formula is C23H23ClN2O6S2. The number of hydrogen-bond acceptors (Lipinski definition) is 7. The summed E-state index contributed by atoms with van der Waals surface area (Å²) in [7, 11) is -2.35. The minimum Gasteiger partial charge on any atom is -0.482 e. The average Bonchev–Trinajstić information content (AvgIpc) is 3.46. The summed E-state index contributed by atoms with van der Waals surface area (Å²) in [5.74, 6) is -0.628. The molecule has 0 radical (unpaired) electrons. The molecule has 1 aliphatic rings. The van der Waals surface area contributed by atoms with Gasteiger partial charge in [-0.2, -0.15) is 0 Å². The zero-order valence-electron chi connectivity index (χ0n) is 18.3. The lowest BCUT2D eigenvalue weighted by Crippen LogP contribution is -2.32. The molecule has 11 heteroatoms. The predicted octanol–water partition coefficient (Wildman–Crippen LogP) is 4.58. The fraction of sp³-hybridized carbons (Fsp3) is 0.304. The number of fused-ring (bicyclic) bond motifs is 1. The van der Waals surface area contributed by atoms with Gasteiger partial charge < -0.3 is 14.8 Å². The van der Waals surface area contributed by atoms with Crippen molar-refractivity contribution < 1.29 is 27.5 Å². The normalized spacial score (nSPS) is 14.3. The zero-order valence-corrected chi connectivity index (χ0v) is 20.7. The van der Waals surface area contributed by atoms with E-state index in [2.05, 4.69) is 10.0 Å². The molecule has 3 aromatic rings. The predicted molar refractivity (Wildman–Crippen MR) is 131 cm³/mol. The molecule has 2 N–H and O–H groups in total. The SMILES string of the molecule is COC(=O)c1cc2cc(NC(=O)COc3ccc(S(=O)(=O)NC4CCCC4)cc3Cl)ccc2s1. The van der Waals surface area contributed by atoms with E-state index in [0.29, 0.717) is 10.6 Å². The number of halogens is 1. The third-order valence-corrected chi connectivity index (χ3v) is 8.35. The van der Waals surface area contributed by atoms with Gasteiger partial charge in [-0.3, -0.25) is 4.79 Å². The van der Waals surface area contributed by atoms with Crippen LogP contribution in [0.15, 0.2) is 47.4 Å². The molecule has 1 aromatic heterocycles. The Morgan fingerprint density at radius 3 is 2.59 bits per heavy atom. The van der Waals surface area contributed by atoms with Gasteiger partial charge in [0.2, 0.25) is 10.0 Å². The van der Waals surface area contributed by atoms with E-state index < -0.39 is 21.9 Å². The van der Waals surface area contributed by atoms with Gasteiger partial charge in [-0.1, -0.05) is 24.4 Å². The van der Waals surface area contributed by atoms with Crippen LogP contribution < -0.4 is 14.8 Å². The van der Waals surface area contributed by atoms with E-state index in [9.17, 15) is 18.0 Å². The van der Waals surface area contributed by atoms with Crippen LogP contribution in [0.4, 0.5) is 5.69 Å². The summed E-state index contributed by atoms with van der Waals surface area (Å²) in [5, 5.41) is 3.62. The van der Waals surface area contributed by atoms with Crippen molar-refractivity contribution in [2.45, 2.75) is 36.6 Å². The first-order valence-corrected chi connectivity index (χ1v) is 13.3. The number of carbonyl (C=O) groups is 2. The molecule has 1 saturated carbocycles. The first kappa shape index (κ1) is 24.5. The number of anilines is 1. The van der Waals surface area contributed by atoms with E-state index in [1.807, 2.05) is 0 Å². The van der Waals surface area contributed by atoms with Crippen LogP contribution in [-0.2, 0) is 19.6 Å². The van der Waals surface area contributed by atoms with Crippen LogP contribution in [0.5, 0.6) is 5.75 Å². The van der Waals surface area contributed by atoms with Crippen LogP contribution in [0, 0.1) is 0 Å². The van der Waals surface area contributed by atoms with Crippen molar-refractivity contribution >= 4 is 60.6 Å². The molecule has 0 bridgehead atoms. The van der Waals surface area contributed by atoms with E-state index in [1.54, 1.807) is 24.3 Å². The highest BCUT2D eigenvalue weighted by atomic mass is 35.5. The van der Waals surface area contributed by atoms with E-state index in [1.165, 1.54) is 36.6 Å². The molecule has 0 spiro atoms. The van der Waals surface area contributed by atoms with E-state index in [4.69, 9.17) is 21.1 Å². The maximum atomic E-state index is 12.6. The highest BCUT2D eigenvalue weighted by molar-refractivity contribution is 7.89. The van der Waals surface area contributed by atoms with Gasteiger partial charge in [0.05, 0.1) is 17.0 Å². The summed E-state index contributed by atoms with van der Waals surface area (Å²) >= 11 is 7.52. The second kappa shape index (κ2) is 10.3. The number of methoxy groups -OCH3 is 1. The van der Waals surface area contributed by atoms with E-state index in [0.717, 1.165) is 35.8 Å². The van der Waals surface area contributed by atoms with E-state index in [-0.39, 0.29) is 28.3 Å². The van der Waals surface area contributed by atoms with Crippen molar-refractivity contribution in [1.82, 2.24) is 4.72 Å². The molecule has 34 heavy (non-hydrogen) atoms. The number of sulfonamides is 1. The smallest absolute Gasteiger partial charge is 0.348 e. The van der Waals surface area contributed by atoms with Crippen molar-refractivity contribution in [2.75, 3.05) is 19.0 Å². The van der Waals surface area contributed by atoms with Gasteiger partial charge in [-0.15, -0.1) is 11.3 Å². The quantitative estimate of drug-likeness (QED) is 0.419. The first-order valence-electron chi connectivity index (χ1n) is 10.6. The van der Waals surface area contributed by atoms with Crippen molar-refractivity contribution in [3.63, 3.8) is 0 Å². The number of thiophene rings is 1. The largest absolute Gasteiger partial charge is 0.482 e. The minimum absolute atomic E-state index is 0.0521. The second-order valence-electron chi connectivity index (χ2n) is 7.89. The van der Waals surface area contributed by atoms with Gasteiger partial charge in [0, 0.05) is 16.4 Å². The monoisotopic (exact) mass is 522 g/mol. The Bertz CT molecular complexity index is 1330. The Morgan fingerprint density at radius 2 is 1.88 bits per heavy atom. The van der Waals surface area contributed by atoms with Gasteiger partial charge >= 0.3 is 5.97 Å². The summed E-state index contributed by atoms with van der Waals surface area (Å²) in [5.41, 5.74) is 0.542. The number of carbonyl (C=O) groups excluding carboxylic acids is 2. The molecule has 0 atom stereocenters. The summed E-state index contributed by atoms with van der Waals surface area (Å²) in [6.07, 6.45) is 3.68. The molecule has 180 valence electrons. The maximum Gasteiger partial charge on any atom is 0.348 e. The van der Waals surface area contributed by atoms with Crippen molar-refractivity contribution in [3.05, 3.63) is 52.4 Å². The summed E-state index contributed by atoms with van der Waals surface area (Å²) < 4.78 is 39.0. The van der Waals surface area contributed by atoms with Crippen LogP contribution in [0.2, 0.25) is 5.02 Å². The van der Waals surface area contributed by atoms with E-state index >= 15 is 0 Å². The molecular weight excluding hydrogens is 500 g/mol. The summed E-state index contributed by atoms with van der Waals surface area (Å²) in [6.45, 7) is -0.318. The summed E-state index contributed by atoms with van der Waals surface area (Å²) in [6, 6.07) is 11.1. The van der Waals surface area contributed by atoms with Gasteiger partial charge in [-0.25, -0.2) is 17.9 Å². The van der Waals surface area contributed by atoms with Gasteiger partial charge in [0.25, 0.3) is 5.91 Å². The average molecular weight is 523 g/mol. The lowest BCUT2D eigenvalue weighted by molar-refractivity contribution is -0.118. The Balaban J connectivity index is 1.36. The van der Waals surface area contributed by atoms with Crippen molar-refractivity contribution in [2.24, 2.45) is 0 Å². The Labute approximate surface area is 206 Å². The van der Waals surface area contributed by atoms with Gasteiger partial charge in [-0.05, 0) is 60.7 Å². The van der Waals surface area contributed by atoms with Gasteiger partial charge in [0.15, 0.2) is 6.61 Å². The Hall–Kier alpha value is -2.66. The second-order valence-corrected chi connectivity index (χ2v) is 11.1. The molecule has 1 fully saturated rings. The topological polar surface area (TPSA) is 111 Å². The van der Waals surface area contributed by atoms with Crippen LogP contribution >= 0.6 is 22.9 Å².